The maximum absolute atomic E-state index is 5.46. The molecule has 0 aliphatic carbocycles. The molecule has 0 amide bonds. The van der Waals surface area contributed by atoms with Gasteiger partial charge in [-0.3, -0.25) is 0 Å². The number of benzene rings is 1. The summed E-state index contributed by atoms with van der Waals surface area (Å²) < 4.78 is 5.46. The van der Waals surface area contributed by atoms with E-state index in [4.69, 9.17) is 4.74 Å². The molecule has 2 heterocycles. The van der Waals surface area contributed by atoms with Gasteiger partial charge in [0.1, 0.15) is 23.2 Å². The maximum atomic E-state index is 5.46. The Labute approximate surface area is 125 Å². The molecule has 1 atom stereocenters. The number of nitrogens with one attached hydrogen (secondary N) is 1. The van der Waals surface area contributed by atoms with Crippen LogP contribution < -0.4 is 15.0 Å². The van der Waals surface area contributed by atoms with E-state index in [0.29, 0.717) is 6.04 Å². The van der Waals surface area contributed by atoms with Crippen molar-refractivity contribution >= 4 is 17.3 Å². The third-order valence-corrected chi connectivity index (χ3v) is 3.75. The first-order chi connectivity index (χ1) is 10.1. The number of methoxy groups -OCH3 is 1. The molecule has 5 nitrogen and oxygen atoms in total. The van der Waals surface area contributed by atoms with Gasteiger partial charge in [-0.2, -0.15) is 0 Å². The van der Waals surface area contributed by atoms with Crippen LogP contribution in [0, 0.1) is 6.92 Å². The molecular formula is C16H20N4O. The number of anilines is 3. The van der Waals surface area contributed by atoms with E-state index in [0.717, 1.165) is 35.3 Å². The maximum Gasteiger partial charge on any atom is 0.142 e. The minimum atomic E-state index is 0.390. The monoisotopic (exact) mass is 284 g/mol. The lowest BCUT2D eigenvalue weighted by Gasteiger charge is -2.23. The molecular weight excluding hydrogens is 264 g/mol. The lowest BCUT2D eigenvalue weighted by molar-refractivity contribution is 0.415. The highest BCUT2D eigenvalue weighted by molar-refractivity contribution is 5.72. The Bertz CT molecular complexity index is 671. The third-order valence-electron chi connectivity index (χ3n) is 3.75. The molecule has 5 heteroatoms. The SMILES string of the molecule is COc1ccccc1N(C)c1nc(C)nc2c1CC(C)N2. The minimum Gasteiger partial charge on any atom is -0.495 e. The fraction of sp³-hybridized carbons (Fsp3) is 0.375. The number of para-hydroxylation sites is 2. The molecule has 0 fully saturated rings. The highest BCUT2D eigenvalue weighted by Gasteiger charge is 2.25. The summed E-state index contributed by atoms with van der Waals surface area (Å²) in [6, 6.07) is 8.36. The Hall–Kier alpha value is -2.30. The average Bonchev–Trinajstić information content (AvgIpc) is 2.85. The second-order valence-corrected chi connectivity index (χ2v) is 5.40. The van der Waals surface area contributed by atoms with Crippen molar-refractivity contribution in [1.82, 2.24) is 9.97 Å². The molecule has 1 N–H and O–H groups in total. The molecule has 0 saturated carbocycles. The van der Waals surface area contributed by atoms with Crippen LogP contribution in [0.5, 0.6) is 5.75 Å². The summed E-state index contributed by atoms with van der Waals surface area (Å²) >= 11 is 0. The second-order valence-electron chi connectivity index (χ2n) is 5.40. The molecule has 1 aliphatic rings. The standard InChI is InChI=1S/C16H20N4O/c1-10-9-12-15(17-10)18-11(2)19-16(12)20(3)13-7-5-6-8-14(13)21-4/h5-8,10H,9H2,1-4H3,(H,17,18,19). The molecule has 0 saturated heterocycles. The number of nitrogens with zero attached hydrogens (tertiary/aromatic N) is 3. The van der Waals surface area contributed by atoms with Gasteiger partial charge in [0.2, 0.25) is 0 Å². The summed E-state index contributed by atoms with van der Waals surface area (Å²) in [4.78, 5) is 11.2. The van der Waals surface area contributed by atoms with E-state index < -0.39 is 0 Å². The zero-order valence-electron chi connectivity index (χ0n) is 12.8. The van der Waals surface area contributed by atoms with Crippen molar-refractivity contribution in [3.8, 4) is 5.75 Å². The van der Waals surface area contributed by atoms with E-state index in [1.54, 1.807) is 7.11 Å². The topological polar surface area (TPSA) is 50.3 Å². The number of hydrogen-bond donors (Lipinski definition) is 1. The molecule has 1 aliphatic heterocycles. The van der Waals surface area contributed by atoms with Crippen molar-refractivity contribution in [1.29, 1.82) is 0 Å². The Morgan fingerprint density at radius 2 is 2.05 bits per heavy atom. The highest BCUT2D eigenvalue weighted by atomic mass is 16.5. The quantitative estimate of drug-likeness (QED) is 0.939. The molecule has 1 aromatic carbocycles. The van der Waals surface area contributed by atoms with Gasteiger partial charge in [-0.25, -0.2) is 9.97 Å². The van der Waals surface area contributed by atoms with E-state index in [2.05, 4.69) is 27.1 Å². The largest absolute Gasteiger partial charge is 0.495 e. The Kier molecular flexibility index (Phi) is 3.41. The van der Waals surface area contributed by atoms with Crippen LogP contribution >= 0.6 is 0 Å². The second kappa shape index (κ2) is 5.24. The molecule has 2 aromatic rings. The first-order valence-corrected chi connectivity index (χ1v) is 7.11. The van der Waals surface area contributed by atoms with Crippen LogP contribution in [0.2, 0.25) is 0 Å². The van der Waals surface area contributed by atoms with Crippen molar-refractivity contribution in [2.24, 2.45) is 0 Å². The van der Waals surface area contributed by atoms with Gasteiger partial charge in [0.25, 0.3) is 0 Å². The molecule has 21 heavy (non-hydrogen) atoms. The van der Waals surface area contributed by atoms with Crippen LogP contribution in [0.25, 0.3) is 0 Å². The predicted molar refractivity (Wildman–Crippen MR) is 84.6 cm³/mol. The van der Waals surface area contributed by atoms with Gasteiger partial charge in [-0.05, 0) is 32.4 Å². The van der Waals surface area contributed by atoms with Crippen molar-refractivity contribution in [2.45, 2.75) is 26.3 Å². The van der Waals surface area contributed by atoms with Crippen molar-refractivity contribution < 1.29 is 4.74 Å². The number of aryl methyl sites for hydroxylation is 1. The van der Waals surface area contributed by atoms with Gasteiger partial charge in [0.15, 0.2) is 0 Å². The Balaban J connectivity index is 2.09. The highest BCUT2D eigenvalue weighted by Crippen LogP contribution is 2.37. The summed E-state index contributed by atoms with van der Waals surface area (Å²) in [5.41, 5.74) is 2.17. The van der Waals surface area contributed by atoms with Crippen LogP contribution in [0.15, 0.2) is 24.3 Å². The van der Waals surface area contributed by atoms with Crippen molar-refractivity contribution in [3.05, 3.63) is 35.7 Å². The molecule has 1 aromatic heterocycles. The third kappa shape index (κ3) is 2.39. The Morgan fingerprint density at radius 1 is 1.29 bits per heavy atom. The molecule has 0 spiro atoms. The van der Waals surface area contributed by atoms with Crippen LogP contribution in [0.1, 0.15) is 18.3 Å². The number of ether oxygens (including phenoxy) is 1. The summed E-state index contributed by atoms with van der Waals surface area (Å²) in [5, 5.41) is 3.40. The lowest BCUT2D eigenvalue weighted by atomic mass is 10.1. The van der Waals surface area contributed by atoms with Crippen LogP contribution in [-0.4, -0.2) is 30.2 Å². The fourth-order valence-corrected chi connectivity index (χ4v) is 2.78. The summed E-state index contributed by atoms with van der Waals surface area (Å²) in [6.45, 7) is 4.08. The van der Waals surface area contributed by atoms with Gasteiger partial charge < -0.3 is 15.0 Å². The summed E-state index contributed by atoms with van der Waals surface area (Å²) in [7, 11) is 3.70. The van der Waals surface area contributed by atoms with E-state index in [1.165, 1.54) is 5.56 Å². The van der Waals surface area contributed by atoms with Gasteiger partial charge >= 0.3 is 0 Å². The minimum absolute atomic E-state index is 0.390. The molecule has 1 unspecified atom stereocenters. The van der Waals surface area contributed by atoms with Crippen LogP contribution in [-0.2, 0) is 6.42 Å². The zero-order chi connectivity index (χ0) is 15.0. The molecule has 110 valence electrons. The zero-order valence-corrected chi connectivity index (χ0v) is 12.8. The molecule has 3 rings (SSSR count). The Morgan fingerprint density at radius 3 is 2.81 bits per heavy atom. The molecule has 0 bridgehead atoms. The number of aromatic nitrogens is 2. The first kappa shape index (κ1) is 13.7. The summed E-state index contributed by atoms with van der Waals surface area (Å²) in [6.07, 6.45) is 0.935. The normalized spacial score (nSPS) is 16.3. The van der Waals surface area contributed by atoms with Crippen molar-refractivity contribution in [3.63, 3.8) is 0 Å². The number of rotatable bonds is 3. The smallest absolute Gasteiger partial charge is 0.142 e. The van der Waals surface area contributed by atoms with E-state index in [1.807, 2.05) is 38.2 Å². The first-order valence-electron chi connectivity index (χ1n) is 7.11. The van der Waals surface area contributed by atoms with E-state index >= 15 is 0 Å². The predicted octanol–water partition coefficient (Wildman–Crippen LogP) is 2.92. The van der Waals surface area contributed by atoms with Crippen LogP contribution in [0.4, 0.5) is 17.3 Å². The van der Waals surface area contributed by atoms with E-state index in [-0.39, 0.29) is 0 Å². The molecule has 0 radical (unpaired) electrons. The number of hydrogen-bond acceptors (Lipinski definition) is 5. The fourth-order valence-electron chi connectivity index (χ4n) is 2.78. The van der Waals surface area contributed by atoms with Crippen LogP contribution in [0.3, 0.4) is 0 Å². The lowest BCUT2D eigenvalue weighted by Crippen LogP contribution is -2.15. The summed E-state index contributed by atoms with van der Waals surface area (Å²) in [5.74, 6) is 3.50. The van der Waals surface area contributed by atoms with Gasteiger partial charge in [0.05, 0.1) is 12.8 Å². The van der Waals surface area contributed by atoms with Gasteiger partial charge in [-0.1, -0.05) is 12.1 Å². The van der Waals surface area contributed by atoms with Gasteiger partial charge in [0, 0.05) is 18.7 Å². The number of fused-ring (bicyclic) bond motifs is 1. The average molecular weight is 284 g/mol. The van der Waals surface area contributed by atoms with Gasteiger partial charge in [-0.15, -0.1) is 0 Å². The van der Waals surface area contributed by atoms with E-state index in [9.17, 15) is 0 Å². The van der Waals surface area contributed by atoms with Crippen molar-refractivity contribution in [2.75, 3.05) is 24.4 Å².